The molecule has 0 aliphatic carbocycles. The van der Waals surface area contributed by atoms with Crippen LogP contribution in [0.25, 0.3) is 0 Å². The third kappa shape index (κ3) is 4.63. The molecule has 0 saturated carbocycles. The molecule has 19 heavy (non-hydrogen) atoms. The molecule has 2 aromatic rings. The Labute approximate surface area is 116 Å². The summed E-state index contributed by atoms with van der Waals surface area (Å²) in [6.07, 6.45) is 0.343. The number of hydrogen-bond acceptors (Lipinski definition) is 4. The highest BCUT2D eigenvalue weighted by Crippen LogP contribution is 2.13. The largest absolute Gasteiger partial charge is 0.493 e. The van der Waals surface area contributed by atoms with Gasteiger partial charge in [-0.05, 0) is 35.7 Å². The number of anilines is 1. The highest BCUT2D eigenvalue weighted by molar-refractivity contribution is 7.09. The van der Waals surface area contributed by atoms with E-state index in [2.05, 4.69) is 5.32 Å². The molecule has 3 N–H and O–H groups in total. The fourth-order valence-corrected chi connectivity index (χ4v) is 2.16. The van der Waals surface area contributed by atoms with Gasteiger partial charge in [0, 0.05) is 10.6 Å². The summed E-state index contributed by atoms with van der Waals surface area (Å²) in [5.41, 5.74) is 6.27. The van der Waals surface area contributed by atoms with Crippen LogP contribution in [0.5, 0.6) is 5.75 Å². The van der Waals surface area contributed by atoms with Gasteiger partial charge in [0.15, 0.2) is 0 Å². The van der Waals surface area contributed by atoms with E-state index in [0.29, 0.717) is 25.3 Å². The van der Waals surface area contributed by atoms with Crippen LogP contribution in [0.4, 0.5) is 5.69 Å². The first-order valence-corrected chi connectivity index (χ1v) is 6.89. The molecule has 0 spiro atoms. The van der Waals surface area contributed by atoms with Crippen LogP contribution in [0.2, 0.25) is 0 Å². The Morgan fingerprint density at radius 2 is 2.05 bits per heavy atom. The van der Waals surface area contributed by atoms with E-state index in [9.17, 15) is 4.79 Å². The number of carbonyl (C=O) groups is 1. The predicted octanol–water partition coefficient (Wildman–Crippen LogP) is 2.42. The fraction of sp³-hybridized carbons (Fsp3) is 0.214. The van der Waals surface area contributed by atoms with Gasteiger partial charge in [-0.2, -0.15) is 0 Å². The summed E-state index contributed by atoms with van der Waals surface area (Å²) < 4.78 is 5.45. The molecule has 2 rings (SSSR count). The average molecular weight is 276 g/mol. The van der Waals surface area contributed by atoms with Gasteiger partial charge in [-0.1, -0.05) is 6.07 Å². The van der Waals surface area contributed by atoms with Crippen LogP contribution < -0.4 is 15.8 Å². The van der Waals surface area contributed by atoms with E-state index in [1.165, 1.54) is 0 Å². The lowest BCUT2D eigenvalue weighted by atomic mass is 10.3. The van der Waals surface area contributed by atoms with Crippen LogP contribution in [0, 0.1) is 0 Å². The maximum atomic E-state index is 11.6. The molecular weight excluding hydrogens is 260 g/mol. The van der Waals surface area contributed by atoms with Gasteiger partial charge < -0.3 is 15.8 Å². The number of nitrogens with one attached hydrogen (secondary N) is 1. The number of benzene rings is 1. The minimum Gasteiger partial charge on any atom is -0.493 e. The van der Waals surface area contributed by atoms with Gasteiger partial charge in [0.1, 0.15) is 5.75 Å². The van der Waals surface area contributed by atoms with E-state index in [1.54, 1.807) is 35.6 Å². The Morgan fingerprint density at radius 3 is 2.74 bits per heavy atom. The van der Waals surface area contributed by atoms with E-state index in [-0.39, 0.29) is 5.91 Å². The van der Waals surface area contributed by atoms with Gasteiger partial charge in [0.25, 0.3) is 0 Å². The van der Waals surface area contributed by atoms with Gasteiger partial charge in [-0.15, -0.1) is 11.3 Å². The second-order valence-corrected chi connectivity index (χ2v) is 5.06. The summed E-state index contributed by atoms with van der Waals surface area (Å²) in [6.45, 7) is 0.943. The van der Waals surface area contributed by atoms with Gasteiger partial charge >= 0.3 is 0 Å². The van der Waals surface area contributed by atoms with Crippen LogP contribution >= 0.6 is 11.3 Å². The third-order valence-corrected chi connectivity index (χ3v) is 3.39. The predicted molar refractivity (Wildman–Crippen MR) is 77.1 cm³/mol. The fourth-order valence-electron chi connectivity index (χ4n) is 1.51. The summed E-state index contributed by atoms with van der Waals surface area (Å²) in [7, 11) is 0. The number of nitrogens with two attached hydrogens (primary N) is 1. The maximum Gasteiger partial charge on any atom is 0.223 e. The van der Waals surface area contributed by atoms with Gasteiger partial charge in [-0.3, -0.25) is 4.79 Å². The van der Waals surface area contributed by atoms with E-state index >= 15 is 0 Å². The van der Waals surface area contributed by atoms with Crippen molar-refractivity contribution in [3.05, 3.63) is 46.7 Å². The highest BCUT2D eigenvalue weighted by Gasteiger charge is 2.02. The van der Waals surface area contributed by atoms with Crippen molar-refractivity contribution in [2.75, 3.05) is 12.3 Å². The second-order valence-electron chi connectivity index (χ2n) is 4.02. The van der Waals surface area contributed by atoms with Crippen molar-refractivity contribution in [2.24, 2.45) is 0 Å². The molecule has 1 amide bonds. The number of hydrogen-bond donors (Lipinski definition) is 2. The van der Waals surface area contributed by atoms with Crippen LogP contribution in [-0.2, 0) is 11.3 Å². The first kappa shape index (κ1) is 13.4. The molecule has 0 radical (unpaired) electrons. The molecule has 0 aliphatic rings. The Morgan fingerprint density at radius 1 is 1.26 bits per heavy atom. The molecule has 1 aromatic carbocycles. The monoisotopic (exact) mass is 276 g/mol. The summed E-state index contributed by atoms with van der Waals surface area (Å²) in [5.74, 6) is 0.712. The molecule has 0 atom stereocenters. The van der Waals surface area contributed by atoms with Gasteiger partial charge in [-0.25, -0.2) is 0 Å². The lowest BCUT2D eigenvalue weighted by molar-refractivity contribution is -0.121. The molecule has 5 heteroatoms. The zero-order chi connectivity index (χ0) is 13.5. The van der Waals surface area contributed by atoms with Crippen LogP contribution in [0.15, 0.2) is 41.8 Å². The van der Waals surface area contributed by atoms with E-state index in [1.807, 2.05) is 17.5 Å². The van der Waals surface area contributed by atoms with Crippen LogP contribution in [0.1, 0.15) is 11.3 Å². The molecule has 0 bridgehead atoms. The first-order valence-electron chi connectivity index (χ1n) is 6.01. The summed E-state index contributed by atoms with van der Waals surface area (Å²) in [6, 6.07) is 11.1. The number of amides is 1. The van der Waals surface area contributed by atoms with Crippen LogP contribution in [0.3, 0.4) is 0 Å². The Hall–Kier alpha value is -2.01. The number of carbonyl (C=O) groups excluding carboxylic acids is 1. The molecule has 0 aliphatic heterocycles. The quantitative estimate of drug-likeness (QED) is 0.796. The summed E-state index contributed by atoms with van der Waals surface area (Å²) in [5, 5.41) is 4.84. The van der Waals surface area contributed by atoms with E-state index < -0.39 is 0 Å². The van der Waals surface area contributed by atoms with Crippen molar-refractivity contribution in [1.29, 1.82) is 0 Å². The van der Waals surface area contributed by atoms with Gasteiger partial charge in [0.2, 0.25) is 5.91 Å². The highest BCUT2D eigenvalue weighted by atomic mass is 32.1. The average Bonchev–Trinajstić information content (AvgIpc) is 2.92. The summed E-state index contributed by atoms with van der Waals surface area (Å²) in [4.78, 5) is 12.7. The Kier molecular flexibility index (Phi) is 4.80. The number of nitrogen functional groups attached to an aromatic ring is 1. The van der Waals surface area contributed by atoms with Crippen LogP contribution in [-0.4, -0.2) is 12.5 Å². The number of thiophene rings is 1. The van der Waals surface area contributed by atoms with Crippen molar-refractivity contribution in [1.82, 2.24) is 5.32 Å². The number of rotatable bonds is 6. The Bertz CT molecular complexity index is 509. The molecule has 100 valence electrons. The van der Waals surface area contributed by atoms with Crippen molar-refractivity contribution in [3.63, 3.8) is 0 Å². The molecule has 1 heterocycles. The van der Waals surface area contributed by atoms with Gasteiger partial charge in [0.05, 0.1) is 19.6 Å². The van der Waals surface area contributed by atoms with Crippen molar-refractivity contribution < 1.29 is 9.53 Å². The third-order valence-electron chi connectivity index (χ3n) is 2.52. The smallest absolute Gasteiger partial charge is 0.223 e. The minimum absolute atomic E-state index is 0.0103. The normalized spacial score (nSPS) is 10.1. The Balaban J connectivity index is 1.65. The molecular formula is C14H16N2O2S. The first-order chi connectivity index (χ1) is 9.24. The zero-order valence-electron chi connectivity index (χ0n) is 10.5. The maximum absolute atomic E-state index is 11.6. The number of ether oxygens (including phenoxy) is 1. The molecule has 0 saturated heterocycles. The van der Waals surface area contributed by atoms with Crippen molar-refractivity contribution in [2.45, 2.75) is 13.0 Å². The molecule has 1 aromatic heterocycles. The molecule has 0 unspecified atom stereocenters. The SMILES string of the molecule is Nc1ccc(OCCC(=O)NCc2cccs2)cc1. The van der Waals surface area contributed by atoms with Crippen molar-refractivity contribution >= 4 is 22.9 Å². The standard InChI is InChI=1S/C14H16N2O2S/c15-11-3-5-12(6-4-11)18-8-7-14(17)16-10-13-2-1-9-19-13/h1-6,9H,7-8,10,15H2,(H,16,17). The second kappa shape index (κ2) is 6.80. The van der Waals surface area contributed by atoms with Crippen molar-refractivity contribution in [3.8, 4) is 5.75 Å². The lowest BCUT2D eigenvalue weighted by Gasteiger charge is -2.07. The molecule has 0 fully saturated rings. The minimum atomic E-state index is -0.0103. The van der Waals surface area contributed by atoms with E-state index in [4.69, 9.17) is 10.5 Å². The molecule has 4 nitrogen and oxygen atoms in total. The van der Waals surface area contributed by atoms with E-state index in [0.717, 1.165) is 10.6 Å². The lowest BCUT2D eigenvalue weighted by Crippen LogP contribution is -2.23. The zero-order valence-corrected chi connectivity index (χ0v) is 11.3. The topological polar surface area (TPSA) is 64.3 Å². The summed E-state index contributed by atoms with van der Waals surface area (Å²) >= 11 is 1.63.